The topological polar surface area (TPSA) is 64.6 Å². The first-order chi connectivity index (χ1) is 10.5. The molecule has 0 saturated heterocycles. The minimum Gasteiger partial charge on any atom is -0.490 e. The molecule has 0 saturated carbocycles. The molecule has 1 N–H and O–H groups in total. The van der Waals surface area contributed by atoms with E-state index in [1.165, 1.54) is 0 Å². The molecule has 1 aliphatic heterocycles. The van der Waals surface area contributed by atoms with E-state index in [1.807, 2.05) is 6.92 Å². The second kappa shape index (κ2) is 5.88. The molecule has 3 rings (SSSR count). The highest BCUT2D eigenvalue weighted by molar-refractivity contribution is 7.92. The summed E-state index contributed by atoms with van der Waals surface area (Å²) in [4.78, 5) is 0.227. The number of aryl methyl sites for hydroxylation is 1. The fraction of sp³-hybridized carbons (Fsp3) is 0.250. The van der Waals surface area contributed by atoms with E-state index in [4.69, 9.17) is 9.47 Å². The van der Waals surface area contributed by atoms with E-state index in [0.717, 1.165) is 12.0 Å². The standard InChI is InChI=1S/C16H17NO4S/c1-12-3-6-14(7-4-12)22(18,19)17-13-5-8-15-16(11-13)21-10-2-9-20-15/h3-8,11,17H,2,9-10H2,1H3. The van der Waals surface area contributed by atoms with Crippen LogP contribution >= 0.6 is 0 Å². The van der Waals surface area contributed by atoms with Crippen LogP contribution in [0, 0.1) is 6.92 Å². The summed E-state index contributed by atoms with van der Waals surface area (Å²) in [6.45, 7) is 3.07. The maximum absolute atomic E-state index is 12.4. The van der Waals surface area contributed by atoms with Crippen LogP contribution in [-0.2, 0) is 10.0 Å². The number of hydrogen-bond donors (Lipinski definition) is 1. The summed E-state index contributed by atoms with van der Waals surface area (Å²) in [7, 11) is -3.61. The van der Waals surface area contributed by atoms with E-state index in [1.54, 1.807) is 42.5 Å². The number of hydrogen-bond acceptors (Lipinski definition) is 4. The molecule has 0 fully saturated rings. The van der Waals surface area contributed by atoms with Crippen LogP contribution in [0.1, 0.15) is 12.0 Å². The van der Waals surface area contributed by atoms with Crippen molar-refractivity contribution in [1.29, 1.82) is 0 Å². The van der Waals surface area contributed by atoms with Crippen molar-refractivity contribution in [3.8, 4) is 11.5 Å². The molecule has 0 amide bonds. The molecular weight excluding hydrogens is 302 g/mol. The number of rotatable bonds is 3. The summed E-state index contributed by atoms with van der Waals surface area (Å²) in [6, 6.07) is 11.7. The minimum atomic E-state index is -3.61. The Morgan fingerprint density at radius 1 is 0.955 bits per heavy atom. The highest BCUT2D eigenvalue weighted by atomic mass is 32.2. The molecule has 0 spiro atoms. The maximum Gasteiger partial charge on any atom is 0.261 e. The van der Waals surface area contributed by atoms with E-state index >= 15 is 0 Å². The smallest absolute Gasteiger partial charge is 0.261 e. The fourth-order valence-electron chi connectivity index (χ4n) is 2.16. The van der Waals surface area contributed by atoms with Crippen LogP contribution in [-0.4, -0.2) is 21.6 Å². The van der Waals surface area contributed by atoms with Crippen LogP contribution in [0.4, 0.5) is 5.69 Å². The van der Waals surface area contributed by atoms with Gasteiger partial charge in [-0.2, -0.15) is 0 Å². The first kappa shape index (κ1) is 14.7. The lowest BCUT2D eigenvalue weighted by atomic mass is 10.2. The van der Waals surface area contributed by atoms with Crippen molar-refractivity contribution in [2.24, 2.45) is 0 Å². The Bertz CT molecular complexity index is 769. The van der Waals surface area contributed by atoms with Crippen molar-refractivity contribution in [3.05, 3.63) is 48.0 Å². The molecule has 0 aliphatic carbocycles. The normalized spacial score (nSPS) is 14.2. The molecule has 0 aromatic heterocycles. The summed E-state index contributed by atoms with van der Waals surface area (Å²) in [6.07, 6.45) is 0.805. The number of nitrogens with one attached hydrogen (secondary N) is 1. The molecule has 1 heterocycles. The monoisotopic (exact) mass is 319 g/mol. The van der Waals surface area contributed by atoms with Crippen molar-refractivity contribution in [2.75, 3.05) is 17.9 Å². The van der Waals surface area contributed by atoms with Gasteiger partial charge in [-0.1, -0.05) is 17.7 Å². The zero-order valence-electron chi connectivity index (χ0n) is 12.2. The maximum atomic E-state index is 12.4. The van der Waals surface area contributed by atoms with Gasteiger partial charge in [0.05, 0.1) is 23.8 Å². The van der Waals surface area contributed by atoms with Crippen LogP contribution in [0.25, 0.3) is 0 Å². The Hall–Kier alpha value is -2.21. The lowest BCUT2D eigenvalue weighted by molar-refractivity contribution is 0.297. The van der Waals surface area contributed by atoms with Crippen LogP contribution < -0.4 is 14.2 Å². The number of sulfonamides is 1. The van der Waals surface area contributed by atoms with Crippen molar-refractivity contribution in [1.82, 2.24) is 0 Å². The van der Waals surface area contributed by atoms with Gasteiger partial charge in [-0.15, -0.1) is 0 Å². The van der Waals surface area contributed by atoms with Crippen molar-refractivity contribution in [2.45, 2.75) is 18.2 Å². The van der Waals surface area contributed by atoms with Gasteiger partial charge in [-0.3, -0.25) is 4.72 Å². The first-order valence-corrected chi connectivity index (χ1v) is 8.52. The zero-order valence-corrected chi connectivity index (χ0v) is 13.0. The minimum absolute atomic E-state index is 0.227. The molecular formula is C16H17NO4S. The molecule has 0 atom stereocenters. The summed E-state index contributed by atoms with van der Waals surface area (Å²) in [5, 5.41) is 0. The average Bonchev–Trinajstić information content (AvgIpc) is 2.72. The quantitative estimate of drug-likeness (QED) is 0.944. The SMILES string of the molecule is Cc1ccc(S(=O)(=O)Nc2ccc3c(c2)OCCCO3)cc1. The Kier molecular flexibility index (Phi) is 3.94. The second-order valence-corrected chi connectivity index (χ2v) is 6.81. The summed E-state index contributed by atoms with van der Waals surface area (Å²) >= 11 is 0. The summed E-state index contributed by atoms with van der Waals surface area (Å²) < 4.78 is 38.4. The Morgan fingerprint density at radius 2 is 1.64 bits per heavy atom. The predicted octanol–water partition coefficient (Wildman–Crippen LogP) is 2.96. The van der Waals surface area contributed by atoms with Crippen LogP contribution in [0.5, 0.6) is 11.5 Å². The summed E-state index contributed by atoms with van der Waals surface area (Å²) in [5.41, 5.74) is 1.46. The Morgan fingerprint density at radius 3 is 2.36 bits per heavy atom. The van der Waals surface area contributed by atoms with Gasteiger partial charge in [0, 0.05) is 12.5 Å². The van der Waals surface area contributed by atoms with E-state index in [2.05, 4.69) is 4.72 Å². The third kappa shape index (κ3) is 3.17. The number of benzene rings is 2. The van der Waals surface area contributed by atoms with Gasteiger partial charge in [-0.05, 0) is 31.2 Å². The van der Waals surface area contributed by atoms with E-state index in [-0.39, 0.29) is 4.90 Å². The van der Waals surface area contributed by atoms with Gasteiger partial charge in [0.15, 0.2) is 11.5 Å². The average molecular weight is 319 g/mol. The number of fused-ring (bicyclic) bond motifs is 1. The zero-order chi connectivity index (χ0) is 15.6. The van der Waals surface area contributed by atoms with Crippen LogP contribution in [0.15, 0.2) is 47.4 Å². The molecule has 0 bridgehead atoms. The third-order valence-corrected chi connectivity index (χ3v) is 4.73. The second-order valence-electron chi connectivity index (χ2n) is 5.13. The molecule has 5 nitrogen and oxygen atoms in total. The molecule has 2 aromatic rings. The van der Waals surface area contributed by atoms with Crippen LogP contribution in [0.3, 0.4) is 0 Å². The Labute approximate surface area is 129 Å². The van der Waals surface area contributed by atoms with Crippen molar-refractivity contribution >= 4 is 15.7 Å². The highest BCUT2D eigenvalue weighted by Gasteiger charge is 2.16. The number of anilines is 1. The van der Waals surface area contributed by atoms with Crippen LogP contribution in [0.2, 0.25) is 0 Å². The first-order valence-electron chi connectivity index (χ1n) is 7.04. The Balaban J connectivity index is 1.86. The van der Waals surface area contributed by atoms with E-state index < -0.39 is 10.0 Å². The molecule has 6 heteroatoms. The fourth-order valence-corrected chi connectivity index (χ4v) is 3.21. The molecule has 116 valence electrons. The van der Waals surface area contributed by atoms with Crippen molar-refractivity contribution in [3.63, 3.8) is 0 Å². The molecule has 22 heavy (non-hydrogen) atoms. The largest absolute Gasteiger partial charge is 0.490 e. The third-order valence-electron chi connectivity index (χ3n) is 3.33. The van der Waals surface area contributed by atoms with E-state index in [9.17, 15) is 8.42 Å². The van der Waals surface area contributed by atoms with Crippen molar-refractivity contribution < 1.29 is 17.9 Å². The lowest BCUT2D eigenvalue weighted by Crippen LogP contribution is -2.13. The van der Waals surface area contributed by atoms with Gasteiger partial charge < -0.3 is 9.47 Å². The highest BCUT2D eigenvalue weighted by Crippen LogP contribution is 2.33. The number of ether oxygens (including phenoxy) is 2. The summed E-state index contributed by atoms with van der Waals surface area (Å²) in [5.74, 6) is 1.19. The molecule has 1 aliphatic rings. The van der Waals surface area contributed by atoms with Gasteiger partial charge >= 0.3 is 0 Å². The van der Waals surface area contributed by atoms with E-state index in [0.29, 0.717) is 30.4 Å². The van der Waals surface area contributed by atoms with Gasteiger partial charge in [0.25, 0.3) is 10.0 Å². The van der Waals surface area contributed by atoms with Gasteiger partial charge in [0.2, 0.25) is 0 Å². The van der Waals surface area contributed by atoms with Gasteiger partial charge in [-0.25, -0.2) is 8.42 Å². The molecule has 0 unspecified atom stereocenters. The molecule has 0 radical (unpaired) electrons. The lowest BCUT2D eigenvalue weighted by Gasteiger charge is -2.11. The molecule has 2 aromatic carbocycles. The predicted molar refractivity (Wildman–Crippen MR) is 84.0 cm³/mol. The van der Waals surface area contributed by atoms with Gasteiger partial charge in [0.1, 0.15) is 0 Å².